The Kier molecular flexibility index (Phi) is 3.60. The number of hydrogen-bond donors (Lipinski definition) is 1. The molecule has 0 spiro atoms. The highest BCUT2D eigenvalue weighted by Crippen LogP contribution is 2.29. The van der Waals surface area contributed by atoms with Crippen LogP contribution in [-0.2, 0) is 0 Å². The van der Waals surface area contributed by atoms with Crippen molar-refractivity contribution in [2.45, 2.75) is 38.8 Å². The topological polar surface area (TPSA) is 31.4 Å². The van der Waals surface area contributed by atoms with Crippen molar-refractivity contribution in [3.63, 3.8) is 0 Å². The highest BCUT2D eigenvalue weighted by atomic mass is 15.3. The number of hydrogen-bond acceptors (Lipinski definition) is 4. The fourth-order valence-electron chi connectivity index (χ4n) is 3.43. The van der Waals surface area contributed by atoms with Gasteiger partial charge in [0, 0.05) is 31.7 Å². The van der Waals surface area contributed by atoms with E-state index in [2.05, 4.69) is 40.0 Å². The smallest absolute Gasteiger partial charge is 0.0576 e. The van der Waals surface area contributed by atoms with Crippen molar-refractivity contribution in [1.29, 1.82) is 0 Å². The number of anilines is 2. The van der Waals surface area contributed by atoms with Crippen molar-refractivity contribution >= 4 is 11.4 Å². The molecular formula is C15H24N4. The third-order valence-electron chi connectivity index (χ3n) is 4.37. The molecule has 2 atom stereocenters. The van der Waals surface area contributed by atoms with E-state index in [1.807, 2.05) is 12.4 Å². The minimum atomic E-state index is 0.577. The number of piperazine rings is 1. The van der Waals surface area contributed by atoms with E-state index in [-0.39, 0.29) is 0 Å². The molecule has 2 aliphatic heterocycles. The van der Waals surface area contributed by atoms with E-state index >= 15 is 0 Å². The first-order valence-corrected chi connectivity index (χ1v) is 7.47. The second-order valence-electron chi connectivity index (χ2n) is 5.75. The Morgan fingerprint density at radius 2 is 2.26 bits per heavy atom. The van der Waals surface area contributed by atoms with Gasteiger partial charge in [-0.25, -0.2) is 0 Å². The van der Waals surface area contributed by atoms with Gasteiger partial charge in [0.1, 0.15) is 0 Å². The summed E-state index contributed by atoms with van der Waals surface area (Å²) in [6, 6.07) is 3.56. The van der Waals surface area contributed by atoms with Gasteiger partial charge in [0.05, 0.1) is 23.8 Å². The van der Waals surface area contributed by atoms with Crippen LogP contribution in [0.2, 0.25) is 0 Å². The molecule has 2 saturated heterocycles. The van der Waals surface area contributed by atoms with Gasteiger partial charge in [0.15, 0.2) is 0 Å². The summed E-state index contributed by atoms with van der Waals surface area (Å²) in [6.07, 6.45) is 6.62. The van der Waals surface area contributed by atoms with Crippen molar-refractivity contribution < 1.29 is 0 Å². The Morgan fingerprint density at radius 3 is 3.11 bits per heavy atom. The van der Waals surface area contributed by atoms with Gasteiger partial charge in [-0.05, 0) is 39.3 Å². The van der Waals surface area contributed by atoms with Crippen LogP contribution in [0.15, 0.2) is 18.5 Å². The van der Waals surface area contributed by atoms with Crippen LogP contribution in [0.4, 0.5) is 11.4 Å². The highest BCUT2D eigenvalue weighted by molar-refractivity contribution is 5.56. The van der Waals surface area contributed by atoms with E-state index in [1.54, 1.807) is 0 Å². The fraction of sp³-hybridized carbons (Fsp3) is 0.667. The minimum absolute atomic E-state index is 0.577. The zero-order valence-corrected chi connectivity index (χ0v) is 12.0. The summed E-state index contributed by atoms with van der Waals surface area (Å²) >= 11 is 0. The Hall–Kier alpha value is -1.29. The second-order valence-corrected chi connectivity index (χ2v) is 5.75. The van der Waals surface area contributed by atoms with Crippen molar-refractivity contribution in [2.24, 2.45) is 0 Å². The van der Waals surface area contributed by atoms with Gasteiger partial charge in [0.2, 0.25) is 0 Å². The second kappa shape index (κ2) is 5.37. The summed E-state index contributed by atoms with van der Waals surface area (Å²) in [5, 5.41) is 3.35. The maximum Gasteiger partial charge on any atom is 0.0576 e. The van der Waals surface area contributed by atoms with Gasteiger partial charge in [-0.3, -0.25) is 9.88 Å². The van der Waals surface area contributed by atoms with Crippen molar-refractivity contribution in [1.82, 2.24) is 9.88 Å². The van der Waals surface area contributed by atoms with Crippen LogP contribution in [0.5, 0.6) is 0 Å². The lowest BCUT2D eigenvalue weighted by molar-refractivity contribution is 0.203. The lowest BCUT2D eigenvalue weighted by Gasteiger charge is -2.43. The molecule has 0 bridgehead atoms. The monoisotopic (exact) mass is 260 g/mol. The zero-order chi connectivity index (χ0) is 13.2. The molecule has 0 radical (unpaired) electrons. The van der Waals surface area contributed by atoms with Gasteiger partial charge in [-0.2, -0.15) is 0 Å². The van der Waals surface area contributed by atoms with Gasteiger partial charge in [0.25, 0.3) is 0 Å². The van der Waals surface area contributed by atoms with Gasteiger partial charge >= 0.3 is 0 Å². The van der Waals surface area contributed by atoms with E-state index < -0.39 is 0 Å². The normalized spacial score (nSPS) is 27.4. The molecule has 2 fully saturated rings. The molecule has 2 aliphatic rings. The fourth-order valence-corrected chi connectivity index (χ4v) is 3.43. The van der Waals surface area contributed by atoms with Crippen molar-refractivity contribution in [2.75, 3.05) is 36.4 Å². The number of aromatic nitrogens is 1. The van der Waals surface area contributed by atoms with Crippen LogP contribution in [0.25, 0.3) is 0 Å². The number of rotatable bonds is 3. The average Bonchev–Trinajstić information content (AvgIpc) is 2.85. The largest absolute Gasteiger partial charge is 0.384 e. The lowest BCUT2D eigenvalue weighted by Crippen LogP contribution is -2.55. The zero-order valence-electron chi connectivity index (χ0n) is 12.0. The van der Waals surface area contributed by atoms with Gasteiger partial charge in [-0.1, -0.05) is 0 Å². The van der Waals surface area contributed by atoms with E-state index in [0.717, 1.165) is 24.8 Å². The first-order chi connectivity index (χ1) is 9.28. The molecule has 3 heterocycles. The van der Waals surface area contributed by atoms with E-state index in [0.29, 0.717) is 6.04 Å². The quantitative estimate of drug-likeness (QED) is 0.902. The van der Waals surface area contributed by atoms with Crippen LogP contribution in [-0.4, -0.2) is 48.1 Å². The standard InChI is InChI=1S/C15H24N4/c1-3-17-13-7-15(9-16-8-13)19-11-14-5-4-6-18(14)10-12(19)2/h7-9,12,14,17H,3-6,10-11H2,1-2H3. The Balaban J connectivity index is 1.78. The molecule has 0 aliphatic carbocycles. The number of nitrogens with one attached hydrogen (secondary N) is 1. The molecule has 1 aromatic heterocycles. The van der Waals surface area contributed by atoms with E-state index in [9.17, 15) is 0 Å². The summed E-state index contributed by atoms with van der Waals surface area (Å²) in [4.78, 5) is 9.56. The summed E-state index contributed by atoms with van der Waals surface area (Å²) in [5.41, 5.74) is 2.39. The summed E-state index contributed by atoms with van der Waals surface area (Å²) < 4.78 is 0. The Bertz CT molecular complexity index is 434. The van der Waals surface area contributed by atoms with Crippen LogP contribution >= 0.6 is 0 Å². The van der Waals surface area contributed by atoms with Gasteiger partial charge in [-0.15, -0.1) is 0 Å². The molecule has 104 valence electrons. The van der Waals surface area contributed by atoms with Crippen LogP contribution < -0.4 is 10.2 Å². The van der Waals surface area contributed by atoms with E-state index in [1.165, 1.54) is 31.6 Å². The first-order valence-electron chi connectivity index (χ1n) is 7.47. The van der Waals surface area contributed by atoms with Crippen molar-refractivity contribution in [3.05, 3.63) is 18.5 Å². The Labute approximate surface area is 115 Å². The predicted octanol–water partition coefficient (Wildman–Crippen LogP) is 2.19. The molecular weight excluding hydrogens is 236 g/mol. The number of pyridine rings is 1. The molecule has 0 aromatic carbocycles. The molecule has 2 unspecified atom stereocenters. The van der Waals surface area contributed by atoms with Crippen LogP contribution in [0, 0.1) is 0 Å². The SMILES string of the molecule is CCNc1cncc(N2CC3CCCN3CC2C)c1. The number of fused-ring (bicyclic) bond motifs is 1. The third-order valence-corrected chi connectivity index (χ3v) is 4.37. The molecule has 1 aromatic rings. The summed E-state index contributed by atoms with van der Waals surface area (Å²) in [7, 11) is 0. The molecule has 19 heavy (non-hydrogen) atoms. The summed E-state index contributed by atoms with van der Waals surface area (Å²) in [6.45, 7) is 9.02. The molecule has 0 saturated carbocycles. The molecule has 3 rings (SSSR count). The van der Waals surface area contributed by atoms with Crippen molar-refractivity contribution in [3.8, 4) is 0 Å². The predicted molar refractivity (Wildman–Crippen MR) is 79.8 cm³/mol. The minimum Gasteiger partial charge on any atom is -0.384 e. The molecule has 4 heteroatoms. The molecule has 0 amide bonds. The first kappa shape index (κ1) is 12.7. The maximum absolute atomic E-state index is 4.38. The van der Waals surface area contributed by atoms with Crippen LogP contribution in [0.1, 0.15) is 26.7 Å². The molecule has 4 nitrogen and oxygen atoms in total. The maximum atomic E-state index is 4.38. The summed E-state index contributed by atoms with van der Waals surface area (Å²) in [5.74, 6) is 0. The third kappa shape index (κ3) is 2.54. The lowest BCUT2D eigenvalue weighted by atomic mass is 10.1. The van der Waals surface area contributed by atoms with Crippen LogP contribution in [0.3, 0.4) is 0 Å². The van der Waals surface area contributed by atoms with E-state index in [4.69, 9.17) is 0 Å². The average molecular weight is 260 g/mol. The number of nitrogens with zero attached hydrogens (tertiary/aromatic N) is 3. The highest BCUT2D eigenvalue weighted by Gasteiger charge is 2.34. The molecule has 1 N–H and O–H groups in total. The van der Waals surface area contributed by atoms with Gasteiger partial charge < -0.3 is 10.2 Å². The Morgan fingerprint density at radius 1 is 1.37 bits per heavy atom.